The van der Waals surface area contributed by atoms with Crippen molar-refractivity contribution in [3.8, 4) is 0 Å². The molecule has 0 atom stereocenters. The maximum atomic E-state index is 12.2. The Bertz CT molecular complexity index is 791. The molecule has 0 saturated carbocycles. The Labute approximate surface area is 156 Å². The van der Waals surface area contributed by atoms with Crippen molar-refractivity contribution in [1.82, 2.24) is 25.7 Å². The summed E-state index contributed by atoms with van der Waals surface area (Å²) in [6.07, 6.45) is 3.12. The monoisotopic (exact) mass is 373 g/mol. The standard InChI is InChI=1S/C18H23N5O4/c1-12(24)19-11-17(25)23-6-4-13(5-7-23)15-9-16(22-21-15)18(26)20-10-14-3-2-8-27-14/h2-3,8-9,13H,4-7,10-11H2,1H3,(H,19,24)(H,20,26)(H,21,22). The predicted octanol–water partition coefficient (Wildman–Crippen LogP) is 0.775. The first-order valence-electron chi connectivity index (χ1n) is 8.91. The van der Waals surface area contributed by atoms with E-state index in [0.717, 1.165) is 18.5 Å². The largest absolute Gasteiger partial charge is 0.467 e. The van der Waals surface area contributed by atoms with Crippen LogP contribution >= 0.6 is 0 Å². The number of carbonyl (C=O) groups is 3. The van der Waals surface area contributed by atoms with E-state index in [1.54, 1.807) is 29.4 Å². The second-order valence-electron chi connectivity index (χ2n) is 6.54. The van der Waals surface area contributed by atoms with Crippen molar-refractivity contribution in [1.29, 1.82) is 0 Å². The molecule has 3 amide bonds. The maximum absolute atomic E-state index is 12.2. The number of aromatic nitrogens is 2. The predicted molar refractivity (Wildman–Crippen MR) is 95.7 cm³/mol. The number of carbonyl (C=O) groups excluding carboxylic acids is 3. The first-order chi connectivity index (χ1) is 13.0. The van der Waals surface area contributed by atoms with Crippen LogP contribution in [0.5, 0.6) is 0 Å². The molecule has 9 nitrogen and oxygen atoms in total. The summed E-state index contributed by atoms with van der Waals surface area (Å²) in [5.41, 5.74) is 1.23. The van der Waals surface area contributed by atoms with Gasteiger partial charge in [0.2, 0.25) is 11.8 Å². The molecule has 2 aromatic rings. The van der Waals surface area contributed by atoms with Gasteiger partial charge in [-0.1, -0.05) is 0 Å². The summed E-state index contributed by atoms with van der Waals surface area (Å²) in [6.45, 7) is 2.96. The first kappa shape index (κ1) is 18.7. The SMILES string of the molecule is CC(=O)NCC(=O)N1CCC(c2cc(C(=O)NCc3ccco3)n[nH]2)CC1. The van der Waals surface area contributed by atoms with Crippen LogP contribution in [0.4, 0.5) is 0 Å². The fraction of sp³-hybridized carbons (Fsp3) is 0.444. The lowest BCUT2D eigenvalue weighted by Crippen LogP contribution is -2.43. The summed E-state index contributed by atoms with van der Waals surface area (Å²) in [7, 11) is 0. The van der Waals surface area contributed by atoms with E-state index >= 15 is 0 Å². The molecule has 3 rings (SSSR count). The van der Waals surface area contributed by atoms with Gasteiger partial charge in [0.15, 0.2) is 0 Å². The third kappa shape index (κ3) is 4.96. The van der Waals surface area contributed by atoms with Crippen LogP contribution < -0.4 is 10.6 Å². The Balaban J connectivity index is 1.48. The van der Waals surface area contributed by atoms with E-state index in [4.69, 9.17) is 4.42 Å². The summed E-state index contributed by atoms with van der Waals surface area (Å²) in [4.78, 5) is 36.9. The Morgan fingerprint density at radius 2 is 2.07 bits per heavy atom. The smallest absolute Gasteiger partial charge is 0.272 e. The molecule has 1 aliphatic rings. The quantitative estimate of drug-likeness (QED) is 0.691. The highest BCUT2D eigenvalue weighted by molar-refractivity contribution is 5.92. The highest BCUT2D eigenvalue weighted by Crippen LogP contribution is 2.27. The molecule has 27 heavy (non-hydrogen) atoms. The van der Waals surface area contributed by atoms with Gasteiger partial charge in [-0.2, -0.15) is 5.10 Å². The number of nitrogens with zero attached hydrogens (tertiary/aromatic N) is 2. The van der Waals surface area contributed by atoms with Gasteiger partial charge in [-0.05, 0) is 31.0 Å². The zero-order valence-electron chi connectivity index (χ0n) is 15.2. The summed E-state index contributed by atoms with van der Waals surface area (Å²) < 4.78 is 5.18. The van der Waals surface area contributed by atoms with E-state index in [1.807, 2.05) is 0 Å². The minimum absolute atomic E-state index is 0.0318. The van der Waals surface area contributed by atoms with E-state index in [2.05, 4.69) is 20.8 Å². The Morgan fingerprint density at radius 3 is 2.74 bits per heavy atom. The molecule has 0 bridgehead atoms. The molecule has 1 aliphatic heterocycles. The zero-order valence-corrected chi connectivity index (χ0v) is 15.2. The van der Waals surface area contributed by atoms with Gasteiger partial charge in [-0.15, -0.1) is 0 Å². The second kappa shape index (κ2) is 8.52. The van der Waals surface area contributed by atoms with Gasteiger partial charge in [0, 0.05) is 31.6 Å². The van der Waals surface area contributed by atoms with Crippen LogP contribution in [0.25, 0.3) is 0 Å². The molecule has 0 unspecified atom stereocenters. The van der Waals surface area contributed by atoms with Crippen molar-refractivity contribution >= 4 is 17.7 Å². The van der Waals surface area contributed by atoms with Crippen LogP contribution in [-0.4, -0.2) is 52.5 Å². The van der Waals surface area contributed by atoms with E-state index in [-0.39, 0.29) is 30.2 Å². The van der Waals surface area contributed by atoms with Gasteiger partial charge in [0.05, 0.1) is 19.4 Å². The van der Waals surface area contributed by atoms with E-state index < -0.39 is 0 Å². The summed E-state index contributed by atoms with van der Waals surface area (Å²) in [5.74, 6) is 0.334. The molecule has 1 fully saturated rings. The maximum Gasteiger partial charge on any atom is 0.272 e. The number of furan rings is 1. The van der Waals surface area contributed by atoms with Crippen LogP contribution in [0.3, 0.4) is 0 Å². The van der Waals surface area contributed by atoms with E-state index in [0.29, 0.717) is 31.1 Å². The first-order valence-corrected chi connectivity index (χ1v) is 8.91. The van der Waals surface area contributed by atoms with Crippen molar-refractivity contribution in [2.45, 2.75) is 32.2 Å². The van der Waals surface area contributed by atoms with E-state index in [9.17, 15) is 14.4 Å². The highest BCUT2D eigenvalue weighted by Gasteiger charge is 2.25. The van der Waals surface area contributed by atoms with Crippen LogP contribution in [0.2, 0.25) is 0 Å². The normalized spacial score (nSPS) is 14.8. The molecule has 0 aliphatic carbocycles. The van der Waals surface area contributed by atoms with Crippen LogP contribution in [0, 0.1) is 0 Å². The molecular weight excluding hydrogens is 350 g/mol. The summed E-state index contributed by atoms with van der Waals surface area (Å²) in [6, 6.07) is 5.32. The lowest BCUT2D eigenvalue weighted by atomic mass is 9.93. The average Bonchev–Trinajstić information content (AvgIpc) is 3.36. The third-order valence-electron chi connectivity index (χ3n) is 4.61. The van der Waals surface area contributed by atoms with Gasteiger partial charge in [0.1, 0.15) is 11.5 Å². The van der Waals surface area contributed by atoms with E-state index in [1.165, 1.54) is 6.92 Å². The molecular formula is C18H23N5O4. The van der Waals surface area contributed by atoms with Crippen molar-refractivity contribution < 1.29 is 18.8 Å². The fourth-order valence-corrected chi connectivity index (χ4v) is 3.08. The van der Waals surface area contributed by atoms with Gasteiger partial charge < -0.3 is 20.0 Å². The molecule has 0 radical (unpaired) electrons. The Hall–Kier alpha value is -3.10. The van der Waals surface area contributed by atoms with Crippen molar-refractivity contribution in [3.63, 3.8) is 0 Å². The molecule has 9 heteroatoms. The molecule has 3 N–H and O–H groups in total. The number of H-pyrrole nitrogens is 1. The van der Waals surface area contributed by atoms with Gasteiger partial charge in [-0.3, -0.25) is 19.5 Å². The Morgan fingerprint density at radius 1 is 1.30 bits per heavy atom. The second-order valence-corrected chi connectivity index (χ2v) is 6.54. The third-order valence-corrected chi connectivity index (χ3v) is 4.61. The van der Waals surface area contributed by atoms with Crippen LogP contribution in [0.1, 0.15) is 47.6 Å². The Kier molecular flexibility index (Phi) is 5.90. The average molecular weight is 373 g/mol. The van der Waals surface area contributed by atoms with Crippen molar-refractivity contribution in [3.05, 3.63) is 41.6 Å². The lowest BCUT2D eigenvalue weighted by molar-refractivity contribution is -0.133. The van der Waals surface area contributed by atoms with Crippen molar-refractivity contribution in [2.75, 3.05) is 19.6 Å². The highest BCUT2D eigenvalue weighted by atomic mass is 16.3. The number of amides is 3. The number of hydrogen-bond acceptors (Lipinski definition) is 5. The van der Waals surface area contributed by atoms with Gasteiger partial charge in [0.25, 0.3) is 5.91 Å². The molecule has 2 aromatic heterocycles. The number of aromatic amines is 1. The zero-order chi connectivity index (χ0) is 19.2. The number of rotatable bonds is 6. The minimum Gasteiger partial charge on any atom is -0.467 e. The molecule has 3 heterocycles. The number of likely N-dealkylation sites (tertiary alicyclic amines) is 1. The van der Waals surface area contributed by atoms with Gasteiger partial charge >= 0.3 is 0 Å². The molecule has 0 spiro atoms. The summed E-state index contributed by atoms with van der Waals surface area (Å²) in [5, 5.41) is 12.3. The number of hydrogen-bond donors (Lipinski definition) is 3. The summed E-state index contributed by atoms with van der Waals surface area (Å²) >= 11 is 0. The molecule has 144 valence electrons. The van der Waals surface area contributed by atoms with Crippen LogP contribution in [-0.2, 0) is 16.1 Å². The lowest BCUT2D eigenvalue weighted by Gasteiger charge is -2.31. The molecule has 1 saturated heterocycles. The fourth-order valence-electron chi connectivity index (χ4n) is 3.08. The van der Waals surface area contributed by atoms with Gasteiger partial charge in [-0.25, -0.2) is 0 Å². The van der Waals surface area contributed by atoms with Crippen molar-refractivity contribution in [2.24, 2.45) is 0 Å². The number of nitrogens with one attached hydrogen (secondary N) is 3. The number of piperidine rings is 1. The molecule has 0 aromatic carbocycles. The topological polar surface area (TPSA) is 120 Å². The minimum atomic E-state index is -0.267. The van der Waals surface area contributed by atoms with Crippen LogP contribution in [0.15, 0.2) is 28.9 Å².